The minimum Gasteiger partial charge on any atom is -0.466 e. The topological polar surface area (TPSA) is 58.6 Å². The smallest absolute Gasteiger partial charge is 0.305 e. The first-order valence-electron chi connectivity index (χ1n) is 9.34. The number of rotatable bonds is 10. The molecule has 2 aliphatic rings. The molecular weight excluding hydrogens is 292 g/mol. The van der Waals surface area contributed by atoms with Gasteiger partial charge in [-0.05, 0) is 64.5 Å². The predicted octanol–water partition coefficient (Wildman–Crippen LogP) is 2.35. The van der Waals surface area contributed by atoms with Gasteiger partial charge in [-0.1, -0.05) is 6.42 Å². The second kappa shape index (κ2) is 9.91. The van der Waals surface area contributed by atoms with Crippen LogP contribution in [0.5, 0.6) is 0 Å². The first-order valence-corrected chi connectivity index (χ1v) is 9.34. The van der Waals surface area contributed by atoms with Gasteiger partial charge in [0.05, 0.1) is 12.5 Å². The van der Waals surface area contributed by atoms with Crippen LogP contribution in [0.25, 0.3) is 0 Å². The quantitative estimate of drug-likeness (QED) is 0.495. The van der Waals surface area contributed by atoms with Gasteiger partial charge in [0.15, 0.2) is 0 Å². The summed E-state index contributed by atoms with van der Waals surface area (Å²) < 4.78 is 4.93. The highest BCUT2D eigenvalue weighted by Crippen LogP contribution is 2.28. The van der Waals surface area contributed by atoms with Crippen LogP contribution in [0.1, 0.15) is 58.3 Å². The molecule has 0 aromatic heterocycles. The van der Waals surface area contributed by atoms with Crippen LogP contribution in [0.15, 0.2) is 0 Å². The maximum Gasteiger partial charge on any atom is 0.305 e. The summed E-state index contributed by atoms with van der Waals surface area (Å²) in [6, 6.07) is 0. The number of nitrogens with zero attached hydrogens (tertiary/aromatic N) is 1. The van der Waals surface area contributed by atoms with Gasteiger partial charge < -0.3 is 15.0 Å². The number of piperidine rings is 1. The summed E-state index contributed by atoms with van der Waals surface area (Å²) in [4.78, 5) is 25.9. The van der Waals surface area contributed by atoms with Crippen LogP contribution in [-0.2, 0) is 14.3 Å². The first kappa shape index (κ1) is 18.2. The molecule has 0 bridgehead atoms. The van der Waals surface area contributed by atoms with E-state index in [0.29, 0.717) is 13.0 Å². The van der Waals surface area contributed by atoms with Gasteiger partial charge in [-0.25, -0.2) is 0 Å². The SMILES string of the molecule is CCOC(=O)CCCCCN1CCCC(C(=O)NCC2CC2)C1. The number of carbonyl (C=O) groups excluding carboxylic acids is 2. The minimum atomic E-state index is -0.0853. The monoisotopic (exact) mass is 324 g/mol. The van der Waals surface area contributed by atoms with E-state index in [2.05, 4.69) is 10.2 Å². The van der Waals surface area contributed by atoms with Crippen molar-refractivity contribution in [2.24, 2.45) is 11.8 Å². The molecule has 1 saturated heterocycles. The number of unbranched alkanes of at least 4 members (excludes halogenated alkanes) is 2. The van der Waals surface area contributed by atoms with Crippen LogP contribution >= 0.6 is 0 Å². The molecule has 1 atom stereocenters. The summed E-state index contributed by atoms with van der Waals surface area (Å²) in [6.07, 6.45) is 8.27. The Kier molecular flexibility index (Phi) is 7.86. The van der Waals surface area contributed by atoms with Crippen molar-refractivity contribution in [1.82, 2.24) is 10.2 Å². The third-order valence-electron chi connectivity index (χ3n) is 4.80. The lowest BCUT2D eigenvalue weighted by atomic mass is 9.96. The summed E-state index contributed by atoms with van der Waals surface area (Å²) in [6.45, 7) is 6.22. The molecule has 1 aliphatic carbocycles. The average Bonchev–Trinajstić information content (AvgIpc) is 3.37. The lowest BCUT2D eigenvalue weighted by Gasteiger charge is -2.32. The predicted molar refractivity (Wildman–Crippen MR) is 90.0 cm³/mol. The standard InChI is InChI=1S/C18H32N2O3/c1-2-23-17(21)8-4-3-5-11-20-12-6-7-16(14-20)18(22)19-13-15-9-10-15/h15-16H,2-14H2,1H3,(H,19,22). The summed E-state index contributed by atoms with van der Waals surface area (Å²) in [7, 11) is 0. The molecule has 1 N–H and O–H groups in total. The van der Waals surface area contributed by atoms with Crippen molar-refractivity contribution in [3.63, 3.8) is 0 Å². The van der Waals surface area contributed by atoms with Crippen LogP contribution in [0, 0.1) is 11.8 Å². The van der Waals surface area contributed by atoms with Gasteiger partial charge in [-0.2, -0.15) is 0 Å². The second-order valence-corrected chi connectivity index (χ2v) is 6.94. The lowest BCUT2D eigenvalue weighted by Crippen LogP contribution is -2.43. The molecule has 1 heterocycles. The largest absolute Gasteiger partial charge is 0.466 e. The van der Waals surface area contributed by atoms with Crippen LogP contribution in [-0.4, -0.2) is 49.6 Å². The fraction of sp³-hybridized carbons (Fsp3) is 0.889. The number of nitrogens with one attached hydrogen (secondary N) is 1. The second-order valence-electron chi connectivity index (χ2n) is 6.94. The molecule has 132 valence electrons. The molecule has 0 radical (unpaired) electrons. The van der Waals surface area contributed by atoms with E-state index in [-0.39, 0.29) is 17.8 Å². The Hall–Kier alpha value is -1.10. The molecule has 1 saturated carbocycles. The molecule has 1 amide bonds. The number of esters is 1. The number of hydrogen-bond acceptors (Lipinski definition) is 4. The Bertz CT molecular complexity index is 382. The van der Waals surface area contributed by atoms with Crippen LogP contribution in [0.4, 0.5) is 0 Å². The van der Waals surface area contributed by atoms with E-state index < -0.39 is 0 Å². The van der Waals surface area contributed by atoms with Crippen LogP contribution in [0.2, 0.25) is 0 Å². The zero-order chi connectivity index (χ0) is 16.5. The van der Waals surface area contributed by atoms with Crippen molar-refractivity contribution in [1.29, 1.82) is 0 Å². The van der Waals surface area contributed by atoms with E-state index in [9.17, 15) is 9.59 Å². The van der Waals surface area contributed by atoms with E-state index in [1.54, 1.807) is 0 Å². The summed E-state index contributed by atoms with van der Waals surface area (Å²) in [5.74, 6) is 1.09. The molecule has 1 aliphatic heterocycles. The third-order valence-corrected chi connectivity index (χ3v) is 4.80. The average molecular weight is 324 g/mol. The molecule has 5 nitrogen and oxygen atoms in total. The van der Waals surface area contributed by atoms with Gasteiger partial charge in [-0.15, -0.1) is 0 Å². The molecule has 1 unspecified atom stereocenters. The van der Waals surface area contributed by atoms with Gasteiger partial charge in [0.2, 0.25) is 5.91 Å². The van der Waals surface area contributed by atoms with E-state index in [1.807, 2.05) is 6.92 Å². The fourth-order valence-electron chi connectivity index (χ4n) is 3.20. The van der Waals surface area contributed by atoms with Crippen molar-refractivity contribution in [2.75, 3.05) is 32.8 Å². The van der Waals surface area contributed by atoms with Crippen molar-refractivity contribution in [3.05, 3.63) is 0 Å². The third kappa shape index (κ3) is 7.34. The van der Waals surface area contributed by atoms with Gasteiger partial charge in [-0.3, -0.25) is 9.59 Å². The van der Waals surface area contributed by atoms with Gasteiger partial charge in [0.1, 0.15) is 0 Å². The summed E-state index contributed by atoms with van der Waals surface area (Å²) in [5.41, 5.74) is 0. The molecule has 0 aromatic carbocycles. The summed E-state index contributed by atoms with van der Waals surface area (Å²) >= 11 is 0. The highest BCUT2D eigenvalue weighted by Gasteiger charge is 2.27. The number of amides is 1. The van der Waals surface area contributed by atoms with Crippen LogP contribution in [0.3, 0.4) is 0 Å². The fourth-order valence-corrected chi connectivity index (χ4v) is 3.20. The van der Waals surface area contributed by atoms with E-state index >= 15 is 0 Å². The number of hydrogen-bond donors (Lipinski definition) is 1. The van der Waals surface area contributed by atoms with Crippen LogP contribution < -0.4 is 5.32 Å². The Morgan fingerprint density at radius 3 is 2.74 bits per heavy atom. The highest BCUT2D eigenvalue weighted by atomic mass is 16.5. The Labute approximate surface area is 140 Å². The highest BCUT2D eigenvalue weighted by molar-refractivity contribution is 5.79. The number of ether oxygens (including phenoxy) is 1. The molecule has 2 fully saturated rings. The number of likely N-dealkylation sites (tertiary alicyclic amines) is 1. The molecular formula is C18H32N2O3. The zero-order valence-electron chi connectivity index (χ0n) is 14.5. The Morgan fingerprint density at radius 1 is 1.17 bits per heavy atom. The van der Waals surface area contributed by atoms with Crippen molar-refractivity contribution in [2.45, 2.75) is 58.3 Å². The molecule has 5 heteroatoms. The molecule has 23 heavy (non-hydrogen) atoms. The van der Waals surface area contributed by atoms with Gasteiger partial charge in [0, 0.05) is 19.5 Å². The van der Waals surface area contributed by atoms with Crippen molar-refractivity contribution >= 4 is 11.9 Å². The van der Waals surface area contributed by atoms with E-state index in [1.165, 1.54) is 12.8 Å². The van der Waals surface area contributed by atoms with E-state index in [0.717, 1.165) is 64.2 Å². The van der Waals surface area contributed by atoms with Crippen molar-refractivity contribution in [3.8, 4) is 0 Å². The lowest BCUT2D eigenvalue weighted by molar-refractivity contribution is -0.143. The first-order chi connectivity index (χ1) is 11.2. The Balaban J connectivity index is 1.54. The zero-order valence-corrected chi connectivity index (χ0v) is 14.5. The maximum absolute atomic E-state index is 12.2. The van der Waals surface area contributed by atoms with Gasteiger partial charge >= 0.3 is 5.97 Å². The minimum absolute atomic E-state index is 0.0853. The summed E-state index contributed by atoms with van der Waals surface area (Å²) in [5, 5.41) is 3.12. The van der Waals surface area contributed by atoms with E-state index in [4.69, 9.17) is 4.74 Å². The Morgan fingerprint density at radius 2 is 2.00 bits per heavy atom. The maximum atomic E-state index is 12.2. The molecule has 2 rings (SSSR count). The molecule has 0 aromatic rings. The van der Waals surface area contributed by atoms with Gasteiger partial charge in [0.25, 0.3) is 0 Å². The van der Waals surface area contributed by atoms with Crippen molar-refractivity contribution < 1.29 is 14.3 Å². The number of carbonyl (C=O) groups is 2. The molecule has 0 spiro atoms. The normalized spacial score (nSPS) is 21.9.